The van der Waals surface area contributed by atoms with Gasteiger partial charge in [0.05, 0.1) is 15.8 Å². The van der Waals surface area contributed by atoms with Crippen LogP contribution < -0.4 is 5.43 Å². The lowest BCUT2D eigenvalue weighted by atomic mass is 9.91. The van der Waals surface area contributed by atoms with E-state index in [4.69, 9.17) is 6.42 Å². The van der Waals surface area contributed by atoms with Gasteiger partial charge < -0.3 is 9.55 Å². The molecule has 0 aliphatic carbocycles. The summed E-state index contributed by atoms with van der Waals surface area (Å²) in [6, 6.07) is 15.3. The van der Waals surface area contributed by atoms with Crippen LogP contribution in [0.4, 0.5) is 3.89 Å². The molecule has 2 aromatic heterocycles. The van der Waals surface area contributed by atoms with Crippen LogP contribution in [0.25, 0.3) is 44.0 Å². The average molecular weight is 501 g/mol. The first-order valence-electron chi connectivity index (χ1n) is 11.8. The van der Waals surface area contributed by atoms with E-state index in [1.807, 2.05) is 41.8 Å². The molecule has 0 atom stereocenters. The van der Waals surface area contributed by atoms with Gasteiger partial charge in [-0.25, -0.2) is 0 Å². The lowest BCUT2D eigenvalue weighted by molar-refractivity contribution is 0.552. The van der Waals surface area contributed by atoms with Crippen LogP contribution in [-0.2, 0) is 23.2 Å². The molecular weight excluding hydrogens is 475 g/mol. The molecule has 3 aromatic carbocycles. The van der Waals surface area contributed by atoms with Crippen molar-refractivity contribution in [2.24, 2.45) is 5.92 Å². The molecule has 182 valence electrons. The number of nitrogens with zero attached hydrogens (tertiary/aromatic N) is 1. The van der Waals surface area contributed by atoms with Crippen LogP contribution in [0.5, 0.6) is 0 Å². The van der Waals surface area contributed by atoms with Gasteiger partial charge in [0.25, 0.3) is 0 Å². The molecule has 0 saturated carbocycles. The Morgan fingerprint density at radius 2 is 1.86 bits per heavy atom. The minimum absolute atomic E-state index is 0.0824. The van der Waals surface area contributed by atoms with Crippen LogP contribution in [0.15, 0.2) is 64.3 Å². The van der Waals surface area contributed by atoms with E-state index in [2.05, 4.69) is 24.8 Å². The largest absolute Gasteiger partial charge is 0.340 e. The highest BCUT2D eigenvalue weighted by Crippen LogP contribution is 2.34. The lowest BCUT2D eigenvalue weighted by Crippen LogP contribution is -2.12. The number of terminal acetylenes is 1. The van der Waals surface area contributed by atoms with Gasteiger partial charge in [0.2, 0.25) is 0 Å². The summed E-state index contributed by atoms with van der Waals surface area (Å²) in [6.07, 6.45) is 6.24. The van der Waals surface area contributed by atoms with Gasteiger partial charge in [-0.3, -0.25) is 4.79 Å². The number of aromatic amines is 1. The minimum Gasteiger partial charge on any atom is -0.340 e. The molecule has 0 bridgehead atoms. The summed E-state index contributed by atoms with van der Waals surface area (Å²) in [5.74, 6) is 2.91. The average Bonchev–Trinajstić information content (AvgIpc) is 3.22. The van der Waals surface area contributed by atoms with Gasteiger partial charge in [0.1, 0.15) is 5.65 Å². The van der Waals surface area contributed by atoms with Crippen LogP contribution in [0.1, 0.15) is 31.9 Å². The molecule has 5 aromatic rings. The van der Waals surface area contributed by atoms with E-state index in [1.165, 1.54) is 18.2 Å². The molecule has 7 heteroatoms. The summed E-state index contributed by atoms with van der Waals surface area (Å²) in [4.78, 5) is 16.8. The number of aromatic nitrogens is 2. The summed E-state index contributed by atoms with van der Waals surface area (Å²) in [6.45, 7) is 6.74. The molecule has 36 heavy (non-hydrogen) atoms. The van der Waals surface area contributed by atoms with Crippen molar-refractivity contribution in [3.8, 4) is 23.5 Å². The SMILES string of the molecule is C#Cc1ccc2c(c1)[nH]c1c2c(=O)c2cc(CC(C)C)c(-c3cccc(S(=O)(=O)F)c3)cc2n1CC. The predicted octanol–water partition coefficient (Wildman–Crippen LogP) is 6.16. The summed E-state index contributed by atoms with van der Waals surface area (Å²) in [7, 11) is -4.85. The van der Waals surface area contributed by atoms with E-state index < -0.39 is 10.2 Å². The van der Waals surface area contributed by atoms with Crippen molar-refractivity contribution in [2.45, 2.75) is 38.6 Å². The zero-order valence-electron chi connectivity index (χ0n) is 20.2. The lowest BCUT2D eigenvalue weighted by Gasteiger charge is -2.17. The molecule has 5 rings (SSSR count). The first-order valence-corrected chi connectivity index (χ1v) is 13.2. The van der Waals surface area contributed by atoms with Crippen LogP contribution in [0.2, 0.25) is 0 Å². The molecule has 2 heterocycles. The van der Waals surface area contributed by atoms with Gasteiger partial charge in [0.15, 0.2) is 5.43 Å². The molecule has 0 fully saturated rings. The van der Waals surface area contributed by atoms with E-state index in [1.54, 1.807) is 6.07 Å². The van der Waals surface area contributed by atoms with E-state index in [-0.39, 0.29) is 16.2 Å². The van der Waals surface area contributed by atoms with E-state index in [0.717, 1.165) is 33.1 Å². The third kappa shape index (κ3) is 3.88. The number of pyridine rings is 1. The number of H-pyrrole nitrogens is 1. The van der Waals surface area contributed by atoms with E-state index in [0.29, 0.717) is 34.9 Å². The van der Waals surface area contributed by atoms with Crippen molar-refractivity contribution in [2.75, 3.05) is 0 Å². The summed E-state index contributed by atoms with van der Waals surface area (Å²) < 4.78 is 39.0. The second-order valence-electron chi connectivity index (χ2n) is 9.42. The molecule has 0 unspecified atom stereocenters. The maximum Gasteiger partial charge on any atom is 0.332 e. The third-order valence-electron chi connectivity index (χ3n) is 6.57. The van der Waals surface area contributed by atoms with Crippen molar-refractivity contribution in [1.82, 2.24) is 9.55 Å². The molecular formula is C29H25FN2O3S. The van der Waals surface area contributed by atoms with Gasteiger partial charge in [-0.1, -0.05) is 38.0 Å². The first kappa shape index (κ1) is 23.8. The molecule has 0 aliphatic heterocycles. The molecule has 0 spiro atoms. The number of aryl methyl sites for hydroxylation is 1. The first-order chi connectivity index (χ1) is 17.1. The van der Waals surface area contributed by atoms with Crippen molar-refractivity contribution < 1.29 is 12.3 Å². The molecule has 1 N–H and O–H groups in total. The van der Waals surface area contributed by atoms with Gasteiger partial charge in [0, 0.05) is 28.4 Å². The monoisotopic (exact) mass is 500 g/mol. The van der Waals surface area contributed by atoms with Crippen molar-refractivity contribution in [1.29, 1.82) is 0 Å². The number of hydrogen-bond donors (Lipinski definition) is 1. The number of halogens is 1. The highest BCUT2D eigenvalue weighted by Gasteiger charge is 2.20. The molecule has 0 aliphatic rings. The molecule has 5 nitrogen and oxygen atoms in total. The quantitative estimate of drug-likeness (QED) is 0.232. The Morgan fingerprint density at radius 3 is 2.53 bits per heavy atom. The van der Waals surface area contributed by atoms with Gasteiger partial charge in [-0.15, -0.1) is 10.3 Å². The zero-order chi connectivity index (χ0) is 25.8. The highest BCUT2D eigenvalue weighted by molar-refractivity contribution is 7.86. The number of benzene rings is 3. The number of nitrogens with one attached hydrogen (secondary N) is 1. The summed E-state index contributed by atoms with van der Waals surface area (Å²) in [5, 5.41) is 2.00. The maximum absolute atomic E-state index is 13.9. The minimum atomic E-state index is -4.85. The fourth-order valence-electron chi connectivity index (χ4n) is 5.02. The smallest absolute Gasteiger partial charge is 0.332 e. The Morgan fingerprint density at radius 1 is 1.08 bits per heavy atom. The molecule has 0 amide bonds. The van der Waals surface area contributed by atoms with E-state index in [9.17, 15) is 17.1 Å². The summed E-state index contributed by atoms with van der Waals surface area (Å²) >= 11 is 0. The van der Waals surface area contributed by atoms with Crippen LogP contribution in [-0.4, -0.2) is 18.0 Å². The Bertz CT molecular complexity index is 1890. The second-order valence-corrected chi connectivity index (χ2v) is 10.8. The molecule has 0 radical (unpaired) electrons. The topological polar surface area (TPSA) is 71.9 Å². The molecule has 0 saturated heterocycles. The number of rotatable bonds is 5. The van der Waals surface area contributed by atoms with E-state index >= 15 is 0 Å². The standard InChI is InChI=1S/C29H25FN2O3S/c1-5-18-10-11-22-25(13-18)31-29-27(22)28(33)24-15-20(12-17(3)4)23(16-26(24)32(29)6-2)19-8-7-9-21(14-19)36(30,34)35/h1,7-11,13-17,31H,6,12H2,2-4H3. The van der Waals surface area contributed by atoms with Gasteiger partial charge >= 0.3 is 10.2 Å². The number of fused-ring (bicyclic) bond motifs is 4. The van der Waals surface area contributed by atoms with Crippen LogP contribution >= 0.6 is 0 Å². The zero-order valence-corrected chi connectivity index (χ0v) is 21.0. The van der Waals surface area contributed by atoms with Gasteiger partial charge in [-0.05, 0) is 72.4 Å². The fraction of sp³-hybridized carbons (Fsp3) is 0.207. The normalized spacial score (nSPS) is 12.1. The Kier molecular flexibility index (Phi) is 5.73. The fourth-order valence-corrected chi connectivity index (χ4v) is 5.53. The Labute approximate surface area is 208 Å². The van der Waals surface area contributed by atoms with Crippen molar-refractivity contribution in [3.05, 3.63) is 75.9 Å². The van der Waals surface area contributed by atoms with Gasteiger partial charge in [-0.2, -0.15) is 8.42 Å². The Balaban J connectivity index is 1.91. The number of hydrogen-bond acceptors (Lipinski definition) is 3. The van der Waals surface area contributed by atoms with Crippen molar-refractivity contribution >= 4 is 43.1 Å². The van der Waals surface area contributed by atoms with Crippen LogP contribution in [0.3, 0.4) is 0 Å². The predicted molar refractivity (Wildman–Crippen MR) is 143 cm³/mol. The van der Waals surface area contributed by atoms with Crippen molar-refractivity contribution in [3.63, 3.8) is 0 Å². The summed E-state index contributed by atoms with van der Waals surface area (Å²) in [5.41, 5.74) is 5.10. The second kappa shape index (κ2) is 8.65. The Hall–Kier alpha value is -3.89. The third-order valence-corrected chi connectivity index (χ3v) is 7.39. The highest BCUT2D eigenvalue weighted by atomic mass is 32.3. The van der Waals surface area contributed by atoms with Crippen LogP contribution in [0, 0.1) is 18.3 Å². The maximum atomic E-state index is 13.9.